The van der Waals surface area contributed by atoms with Crippen molar-refractivity contribution in [3.05, 3.63) is 31.5 Å². The number of ether oxygens (including phenoxy) is 3. The van der Waals surface area contributed by atoms with Crippen molar-refractivity contribution in [2.45, 2.75) is 0 Å². The van der Waals surface area contributed by atoms with E-state index in [1.165, 1.54) is 7.11 Å². The molecule has 9 nitrogen and oxygen atoms in total. The molecule has 0 saturated carbocycles. The van der Waals surface area contributed by atoms with Gasteiger partial charge in [0, 0.05) is 13.1 Å². The van der Waals surface area contributed by atoms with Crippen LogP contribution in [0.15, 0.2) is 26.0 Å². The van der Waals surface area contributed by atoms with Gasteiger partial charge in [0.2, 0.25) is 5.91 Å². The monoisotopic (exact) mass is 576 g/mol. The van der Waals surface area contributed by atoms with Gasteiger partial charge in [-0.25, -0.2) is 4.79 Å². The Balaban J connectivity index is 1.71. The molecule has 2 aliphatic heterocycles. The van der Waals surface area contributed by atoms with Gasteiger partial charge in [0.05, 0.1) is 34.2 Å². The van der Waals surface area contributed by atoms with E-state index in [0.29, 0.717) is 46.6 Å². The molecular formula is C19H18Br2N2O7S. The number of hydrogen-bond acceptors (Lipinski definition) is 8. The van der Waals surface area contributed by atoms with Gasteiger partial charge in [-0.2, -0.15) is 0 Å². The van der Waals surface area contributed by atoms with Crippen molar-refractivity contribution in [1.29, 1.82) is 0 Å². The quantitative estimate of drug-likeness (QED) is 0.376. The smallest absolute Gasteiger partial charge is 0.343 e. The molecule has 2 heterocycles. The van der Waals surface area contributed by atoms with Crippen molar-refractivity contribution >= 4 is 72.7 Å². The van der Waals surface area contributed by atoms with Crippen molar-refractivity contribution in [1.82, 2.24) is 9.80 Å². The molecule has 2 fully saturated rings. The molecule has 0 aromatic heterocycles. The maximum Gasteiger partial charge on any atom is 0.343 e. The van der Waals surface area contributed by atoms with Gasteiger partial charge in [0.1, 0.15) is 12.3 Å². The van der Waals surface area contributed by atoms with Crippen molar-refractivity contribution < 1.29 is 33.4 Å². The number of thioether (sulfide) groups is 1. The van der Waals surface area contributed by atoms with E-state index in [1.54, 1.807) is 23.1 Å². The summed E-state index contributed by atoms with van der Waals surface area (Å²) in [4.78, 5) is 51.5. The lowest BCUT2D eigenvalue weighted by atomic mass is 10.2. The van der Waals surface area contributed by atoms with Crippen molar-refractivity contribution in [2.75, 3.05) is 46.6 Å². The summed E-state index contributed by atoms with van der Waals surface area (Å²) >= 11 is 7.52. The summed E-state index contributed by atoms with van der Waals surface area (Å²) in [6, 6.07) is 3.37. The van der Waals surface area contributed by atoms with E-state index in [0.717, 1.165) is 16.7 Å². The van der Waals surface area contributed by atoms with Gasteiger partial charge in [0.15, 0.2) is 6.61 Å². The fourth-order valence-corrected chi connectivity index (χ4v) is 5.12. The predicted molar refractivity (Wildman–Crippen MR) is 119 cm³/mol. The number of benzene rings is 1. The summed E-state index contributed by atoms with van der Waals surface area (Å²) in [5.74, 6) is -0.936. The maximum atomic E-state index is 12.7. The first-order chi connectivity index (χ1) is 14.8. The highest BCUT2D eigenvalue weighted by molar-refractivity contribution is 9.11. The van der Waals surface area contributed by atoms with Gasteiger partial charge in [-0.15, -0.1) is 0 Å². The first kappa shape index (κ1) is 23.8. The average Bonchev–Trinajstić information content (AvgIpc) is 3.00. The van der Waals surface area contributed by atoms with Crippen molar-refractivity contribution in [2.24, 2.45) is 0 Å². The number of esters is 1. The number of imide groups is 1. The minimum absolute atomic E-state index is 0.210. The lowest BCUT2D eigenvalue weighted by molar-refractivity contribution is -0.143. The van der Waals surface area contributed by atoms with Crippen LogP contribution in [-0.4, -0.2) is 79.4 Å². The predicted octanol–water partition coefficient (Wildman–Crippen LogP) is 2.66. The van der Waals surface area contributed by atoms with Gasteiger partial charge in [-0.05, 0) is 67.4 Å². The Morgan fingerprint density at radius 3 is 2.45 bits per heavy atom. The van der Waals surface area contributed by atoms with Crippen LogP contribution in [0.3, 0.4) is 0 Å². The van der Waals surface area contributed by atoms with Crippen LogP contribution in [0.25, 0.3) is 6.08 Å². The molecule has 3 amide bonds. The van der Waals surface area contributed by atoms with E-state index < -0.39 is 17.1 Å². The van der Waals surface area contributed by atoms with E-state index >= 15 is 0 Å². The molecule has 0 aliphatic carbocycles. The van der Waals surface area contributed by atoms with Crippen LogP contribution in [0.2, 0.25) is 0 Å². The molecule has 2 saturated heterocycles. The van der Waals surface area contributed by atoms with Crippen LogP contribution in [0.4, 0.5) is 4.79 Å². The van der Waals surface area contributed by atoms with Gasteiger partial charge in [-0.3, -0.25) is 19.3 Å². The Morgan fingerprint density at radius 2 is 1.84 bits per heavy atom. The summed E-state index contributed by atoms with van der Waals surface area (Å²) in [6.07, 6.45) is 1.56. The molecular weight excluding hydrogens is 560 g/mol. The third-order valence-electron chi connectivity index (χ3n) is 4.41. The molecule has 3 rings (SSSR count). The Hall–Kier alpha value is -1.89. The van der Waals surface area contributed by atoms with E-state index in [2.05, 4.69) is 36.6 Å². The van der Waals surface area contributed by atoms with Gasteiger partial charge < -0.3 is 19.1 Å². The molecule has 0 unspecified atom stereocenters. The zero-order chi connectivity index (χ0) is 22.5. The first-order valence-corrected chi connectivity index (χ1v) is 11.5. The first-order valence-electron chi connectivity index (χ1n) is 9.09. The minimum atomic E-state index is -0.525. The molecule has 0 radical (unpaired) electrons. The van der Waals surface area contributed by atoms with E-state index in [-0.39, 0.29) is 24.0 Å². The molecule has 12 heteroatoms. The second-order valence-corrected chi connectivity index (χ2v) is 9.14. The number of nitrogens with zero attached hydrogens (tertiary/aromatic N) is 2. The third-order valence-corrected chi connectivity index (χ3v) is 6.50. The molecule has 0 N–H and O–H groups in total. The SMILES string of the molecule is COC(=O)COc1c(Br)cc(/C=C2/SC(=O)N(CC(=O)N3CCOCC3)C2=O)cc1Br. The molecule has 31 heavy (non-hydrogen) atoms. The van der Waals surface area contributed by atoms with E-state index in [4.69, 9.17) is 9.47 Å². The zero-order valence-electron chi connectivity index (χ0n) is 16.4. The highest BCUT2D eigenvalue weighted by atomic mass is 79.9. The minimum Gasteiger partial charge on any atom is -0.480 e. The Morgan fingerprint density at radius 1 is 1.19 bits per heavy atom. The van der Waals surface area contributed by atoms with Crippen LogP contribution in [0, 0.1) is 0 Å². The number of carbonyl (C=O) groups excluding carboxylic acids is 4. The fourth-order valence-electron chi connectivity index (χ4n) is 2.83. The lowest BCUT2D eigenvalue weighted by Gasteiger charge is -2.28. The topological polar surface area (TPSA) is 102 Å². The average molecular weight is 578 g/mol. The molecule has 0 bridgehead atoms. The van der Waals surface area contributed by atoms with Crippen LogP contribution in [0.5, 0.6) is 5.75 Å². The summed E-state index contributed by atoms with van der Waals surface area (Å²) in [6.45, 7) is 1.21. The summed E-state index contributed by atoms with van der Waals surface area (Å²) in [7, 11) is 1.26. The lowest BCUT2D eigenvalue weighted by Crippen LogP contribution is -2.46. The number of methoxy groups -OCH3 is 1. The number of amides is 3. The molecule has 166 valence electrons. The second-order valence-electron chi connectivity index (χ2n) is 6.44. The molecule has 1 aromatic rings. The van der Waals surface area contributed by atoms with Gasteiger partial charge in [-0.1, -0.05) is 0 Å². The number of hydrogen-bond donors (Lipinski definition) is 0. The van der Waals surface area contributed by atoms with Crippen LogP contribution >= 0.6 is 43.6 Å². The number of halogens is 2. The zero-order valence-corrected chi connectivity index (χ0v) is 20.4. The second kappa shape index (κ2) is 10.6. The van der Waals surface area contributed by atoms with Crippen molar-refractivity contribution in [3.63, 3.8) is 0 Å². The van der Waals surface area contributed by atoms with E-state index in [1.807, 2.05) is 0 Å². The van der Waals surface area contributed by atoms with Gasteiger partial charge >= 0.3 is 5.97 Å². The molecule has 0 atom stereocenters. The number of carbonyl (C=O) groups is 4. The molecule has 2 aliphatic rings. The Kier molecular flexibility index (Phi) is 8.14. The van der Waals surface area contributed by atoms with Crippen molar-refractivity contribution in [3.8, 4) is 5.75 Å². The molecule has 1 aromatic carbocycles. The summed E-state index contributed by atoms with van der Waals surface area (Å²) in [5, 5.41) is -0.492. The number of morpholine rings is 1. The number of rotatable bonds is 6. The normalized spacial score (nSPS) is 18.0. The Bertz CT molecular complexity index is 924. The molecule has 0 spiro atoms. The largest absolute Gasteiger partial charge is 0.480 e. The summed E-state index contributed by atoms with van der Waals surface area (Å²) < 4.78 is 16.3. The van der Waals surface area contributed by atoms with Crippen LogP contribution in [-0.2, 0) is 23.9 Å². The van der Waals surface area contributed by atoms with Crippen LogP contribution in [0.1, 0.15) is 5.56 Å². The maximum absolute atomic E-state index is 12.7. The standard InChI is InChI=1S/C19H18Br2N2O7S/c1-28-16(25)10-30-17-12(20)6-11(7-13(17)21)8-14-18(26)23(19(27)31-14)9-15(24)22-2-4-29-5-3-22/h6-8H,2-5,9-10H2,1H3/b14-8+. The van der Waals surface area contributed by atoms with Crippen LogP contribution < -0.4 is 4.74 Å². The summed E-state index contributed by atoms with van der Waals surface area (Å²) in [5.41, 5.74) is 0.620. The third kappa shape index (κ3) is 5.88. The van der Waals surface area contributed by atoms with E-state index in [9.17, 15) is 19.2 Å². The highest BCUT2D eigenvalue weighted by Crippen LogP contribution is 2.37. The van der Waals surface area contributed by atoms with Gasteiger partial charge in [0.25, 0.3) is 11.1 Å². The Labute approximate surface area is 199 Å². The fraction of sp³-hybridized carbons (Fsp3) is 0.368. The highest BCUT2D eigenvalue weighted by Gasteiger charge is 2.37.